The van der Waals surface area contributed by atoms with Gasteiger partial charge in [0.1, 0.15) is 0 Å². The third kappa shape index (κ3) is 3.70. The summed E-state index contributed by atoms with van der Waals surface area (Å²) in [4.78, 5) is 12.1. The van der Waals surface area contributed by atoms with Crippen LogP contribution >= 0.6 is 15.9 Å². The first-order valence-corrected chi connectivity index (χ1v) is 6.75. The molecular weight excluding hydrogens is 310 g/mol. The van der Waals surface area contributed by atoms with Crippen LogP contribution in [0.25, 0.3) is 0 Å². The number of rotatable bonds is 4. The second-order valence-corrected chi connectivity index (χ2v) is 5.19. The molecule has 1 unspecified atom stereocenters. The molecule has 0 aliphatic rings. The van der Waals surface area contributed by atoms with E-state index in [4.69, 9.17) is 10.9 Å². The Bertz CT molecular complexity index is 492. The molecule has 4 N–H and O–H groups in total. The Morgan fingerprint density at radius 2 is 2.00 bits per heavy atom. The fraction of sp³-hybridized carbons (Fsp3) is 0.385. The lowest BCUT2D eigenvalue weighted by Crippen LogP contribution is -2.34. The summed E-state index contributed by atoms with van der Waals surface area (Å²) in [6.45, 7) is 5.71. The predicted octanol–water partition coefficient (Wildman–Crippen LogP) is 2.78. The number of hydrogen-bond donors (Lipinski definition) is 3. The Balaban J connectivity index is 2.93. The minimum atomic E-state index is -0.630. The molecule has 0 aliphatic heterocycles. The van der Waals surface area contributed by atoms with Crippen LogP contribution in [-0.4, -0.2) is 17.0 Å². The predicted molar refractivity (Wildman–Crippen MR) is 79.4 cm³/mol. The second kappa shape index (κ2) is 6.56. The van der Waals surface area contributed by atoms with Crippen LogP contribution in [-0.2, 0) is 4.79 Å². The van der Waals surface area contributed by atoms with Gasteiger partial charge in [-0.1, -0.05) is 28.0 Å². The zero-order valence-electron chi connectivity index (χ0n) is 11.2. The number of amides is 1. The van der Waals surface area contributed by atoms with Gasteiger partial charge in [-0.05, 0) is 43.5 Å². The molecule has 1 aromatic carbocycles. The molecule has 0 fully saturated rings. The number of anilines is 1. The molecule has 0 spiro atoms. The number of carbonyl (C=O) groups excluding carboxylic acids is 1. The maximum Gasteiger partial charge on any atom is 0.235 e. The smallest absolute Gasteiger partial charge is 0.235 e. The van der Waals surface area contributed by atoms with Gasteiger partial charge in [-0.15, -0.1) is 0 Å². The summed E-state index contributed by atoms with van der Waals surface area (Å²) in [5, 5.41) is 14.3. The molecule has 104 valence electrons. The largest absolute Gasteiger partial charge is 0.409 e. The first-order chi connectivity index (χ1) is 8.90. The number of nitrogens with two attached hydrogens (primary N) is 1. The highest BCUT2D eigenvalue weighted by Crippen LogP contribution is 2.25. The van der Waals surface area contributed by atoms with Gasteiger partial charge in [0.05, 0.1) is 5.92 Å². The molecule has 0 aromatic heterocycles. The monoisotopic (exact) mass is 327 g/mol. The molecule has 0 saturated heterocycles. The van der Waals surface area contributed by atoms with Gasteiger partial charge in [0.2, 0.25) is 5.91 Å². The van der Waals surface area contributed by atoms with Gasteiger partial charge in [0.15, 0.2) is 5.84 Å². The van der Waals surface area contributed by atoms with E-state index in [2.05, 4.69) is 26.4 Å². The van der Waals surface area contributed by atoms with Crippen LogP contribution in [0.15, 0.2) is 21.8 Å². The lowest BCUT2D eigenvalue weighted by Gasteiger charge is -2.15. The van der Waals surface area contributed by atoms with Gasteiger partial charge in [-0.3, -0.25) is 4.79 Å². The summed E-state index contributed by atoms with van der Waals surface area (Å²) in [5.74, 6) is -0.987. The quantitative estimate of drug-likeness (QED) is 0.344. The Morgan fingerprint density at radius 1 is 1.47 bits per heavy atom. The number of oxime groups is 1. The van der Waals surface area contributed by atoms with Crippen molar-refractivity contribution in [2.45, 2.75) is 27.2 Å². The van der Waals surface area contributed by atoms with Crippen LogP contribution in [0.2, 0.25) is 0 Å². The van der Waals surface area contributed by atoms with E-state index in [1.807, 2.05) is 26.0 Å². The highest BCUT2D eigenvalue weighted by molar-refractivity contribution is 9.10. The third-order valence-corrected chi connectivity index (χ3v) is 4.15. The van der Waals surface area contributed by atoms with E-state index < -0.39 is 5.92 Å². The molecule has 1 rings (SSSR count). The van der Waals surface area contributed by atoms with Gasteiger partial charge >= 0.3 is 0 Å². The average Bonchev–Trinajstić information content (AvgIpc) is 2.36. The number of halogens is 1. The van der Waals surface area contributed by atoms with Crippen LogP contribution in [0.3, 0.4) is 0 Å². The van der Waals surface area contributed by atoms with Gasteiger partial charge in [-0.25, -0.2) is 0 Å². The summed E-state index contributed by atoms with van der Waals surface area (Å²) >= 11 is 3.47. The van der Waals surface area contributed by atoms with Crippen molar-refractivity contribution in [3.8, 4) is 0 Å². The number of nitrogens with zero attached hydrogens (tertiary/aromatic N) is 1. The normalized spacial score (nSPS) is 13.2. The maximum absolute atomic E-state index is 12.1. The first kappa shape index (κ1) is 15.5. The molecule has 0 heterocycles. The van der Waals surface area contributed by atoms with Gasteiger partial charge in [0.25, 0.3) is 0 Å². The fourth-order valence-corrected chi connectivity index (χ4v) is 2.07. The third-order valence-electron chi connectivity index (χ3n) is 2.90. The Morgan fingerprint density at radius 3 is 2.42 bits per heavy atom. The summed E-state index contributed by atoms with van der Waals surface area (Å²) in [6.07, 6.45) is 0.468. The van der Waals surface area contributed by atoms with Crippen molar-refractivity contribution in [1.29, 1.82) is 0 Å². The van der Waals surface area contributed by atoms with Crippen molar-refractivity contribution in [3.63, 3.8) is 0 Å². The van der Waals surface area contributed by atoms with Crippen LogP contribution in [0.1, 0.15) is 24.5 Å². The zero-order valence-corrected chi connectivity index (χ0v) is 12.8. The van der Waals surface area contributed by atoms with Crippen LogP contribution in [0.4, 0.5) is 5.69 Å². The van der Waals surface area contributed by atoms with E-state index >= 15 is 0 Å². The lowest BCUT2D eigenvalue weighted by atomic mass is 10.0. The van der Waals surface area contributed by atoms with Gasteiger partial charge < -0.3 is 16.3 Å². The van der Waals surface area contributed by atoms with Crippen molar-refractivity contribution in [3.05, 3.63) is 27.7 Å². The Kier molecular flexibility index (Phi) is 5.35. The summed E-state index contributed by atoms with van der Waals surface area (Å²) in [5.41, 5.74) is 8.27. The van der Waals surface area contributed by atoms with Crippen molar-refractivity contribution < 1.29 is 10.0 Å². The highest BCUT2D eigenvalue weighted by atomic mass is 79.9. The molecule has 5 nitrogen and oxygen atoms in total. The number of hydrogen-bond acceptors (Lipinski definition) is 3. The van der Waals surface area contributed by atoms with E-state index in [0.29, 0.717) is 12.1 Å². The summed E-state index contributed by atoms with van der Waals surface area (Å²) in [6, 6.07) is 3.74. The average molecular weight is 328 g/mol. The Hall–Kier alpha value is -1.56. The summed E-state index contributed by atoms with van der Waals surface area (Å²) in [7, 11) is 0. The molecule has 1 atom stereocenters. The van der Waals surface area contributed by atoms with Crippen LogP contribution in [0.5, 0.6) is 0 Å². The van der Waals surface area contributed by atoms with E-state index in [1.54, 1.807) is 6.92 Å². The van der Waals surface area contributed by atoms with Crippen molar-refractivity contribution >= 4 is 33.4 Å². The summed E-state index contributed by atoms with van der Waals surface area (Å²) < 4.78 is 1.02. The number of benzene rings is 1. The lowest BCUT2D eigenvalue weighted by molar-refractivity contribution is -0.118. The number of aryl methyl sites for hydroxylation is 2. The van der Waals surface area contributed by atoms with Crippen LogP contribution in [0, 0.1) is 19.8 Å². The maximum atomic E-state index is 12.1. The fourth-order valence-electron chi connectivity index (χ4n) is 1.85. The van der Waals surface area contributed by atoms with Crippen LogP contribution < -0.4 is 11.1 Å². The zero-order chi connectivity index (χ0) is 14.6. The Labute approximate surface area is 121 Å². The molecule has 0 radical (unpaired) electrons. The van der Waals surface area contributed by atoms with Gasteiger partial charge in [-0.2, -0.15) is 0 Å². The van der Waals surface area contributed by atoms with Gasteiger partial charge in [0, 0.05) is 10.2 Å². The number of nitrogens with one attached hydrogen (secondary N) is 1. The van der Waals surface area contributed by atoms with E-state index in [9.17, 15) is 4.79 Å². The molecule has 6 heteroatoms. The SMILES string of the molecule is CCC(C(=O)Nc1cc(C)c(Br)c(C)c1)/C(N)=N/O. The van der Waals surface area contributed by atoms with Crippen molar-refractivity contribution in [2.24, 2.45) is 16.8 Å². The molecule has 0 saturated carbocycles. The minimum absolute atomic E-state index is 0.0782. The number of amidine groups is 1. The molecule has 1 amide bonds. The molecule has 1 aromatic rings. The first-order valence-electron chi connectivity index (χ1n) is 5.95. The second-order valence-electron chi connectivity index (χ2n) is 4.40. The molecule has 0 bridgehead atoms. The van der Waals surface area contributed by atoms with E-state index in [-0.39, 0.29) is 11.7 Å². The topological polar surface area (TPSA) is 87.7 Å². The molecule has 19 heavy (non-hydrogen) atoms. The highest BCUT2D eigenvalue weighted by Gasteiger charge is 2.21. The number of carbonyl (C=O) groups is 1. The van der Waals surface area contributed by atoms with E-state index in [0.717, 1.165) is 15.6 Å². The molecule has 0 aliphatic carbocycles. The molecular formula is C13H18BrN3O2. The standard InChI is InChI=1S/C13H18BrN3O2/c1-4-10(12(15)17-19)13(18)16-9-5-7(2)11(14)8(3)6-9/h5-6,10,19H,4H2,1-3H3,(H2,15,17)(H,16,18). The van der Waals surface area contributed by atoms with Crippen molar-refractivity contribution in [2.75, 3.05) is 5.32 Å². The van der Waals surface area contributed by atoms with E-state index in [1.165, 1.54) is 0 Å². The minimum Gasteiger partial charge on any atom is -0.409 e. The van der Waals surface area contributed by atoms with Crippen molar-refractivity contribution in [1.82, 2.24) is 0 Å².